The van der Waals surface area contributed by atoms with E-state index in [1.165, 1.54) is 17.7 Å². The summed E-state index contributed by atoms with van der Waals surface area (Å²) in [5.41, 5.74) is 3.32. The molecule has 1 spiro atoms. The number of nitro groups is 1. The molecule has 3 aromatic carbocycles. The molecule has 2 aliphatic carbocycles. The third-order valence-electron chi connectivity index (χ3n) is 18.4. The smallest absolute Gasteiger partial charge is 0.293 e. The molecule has 0 bridgehead atoms. The van der Waals surface area contributed by atoms with Crippen LogP contribution in [0.3, 0.4) is 0 Å². The molecule has 20 heteroatoms. The molecule has 79 heavy (non-hydrogen) atoms. The number of sulfonamides is 1. The van der Waals surface area contributed by atoms with E-state index in [-0.39, 0.29) is 40.8 Å². The first-order chi connectivity index (χ1) is 38.1. The Hall–Kier alpha value is -6.03. The normalized spacial score (nSPS) is 26.0. The number of hydrogen-bond donors (Lipinski definition) is 4. The maximum atomic E-state index is 14.8. The third-order valence-corrected chi connectivity index (χ3v) is 19.7. The van der Waals surface area contributed by atoms with Crippen molar-refractivity contribution in [1.29, 1.82) is 0 Å². The minimum Gasteiger partial charge on any atom is -0.491 e. The first kappa shape index (κ1) is 53.6. The molecule has 422 valence electrons. The maximum Gasteiger partial charge on any atom is 0.293 e. The number of H-pyrrole nitrogens is 1. The molecule has 6 fully saturated rings. The highest BCUT2D eigenvalue weighted by atomic mass is 32.2. The molecule has 3 atom stereocenters. The minimum absolute atomic E-state index is 0.0716. The largest absolute Gasteiger partial charge is 0.491 e. The van der Waals surface area contributed by atoms with Crippen LogP contribution in [0.25, 0.3) is 11.0 Å². The van der Waals surface area contributed by atoms with Gasteiger partial charge in [0.2, 0.25) is 5.88 Å². The first-order valence-corrected chi connectivity index (χ1v) is 30.1. The number of piperidine rings is 1. The average molecular weight is 1100 g/mol. The van der Waals surface area contributed by atoms with Crippen LogP contribution in [0.15, 0.2) is 83.9 Å². The number of para-hydroxylation sites is 1. The summed E-state index contributed by atoms with van der Waals surface area (Å²) in [6, 6.07) is 22.7. The number of hydrogen-bond acceptors (Lipinski definition) is 16. The van der Waals surface area contributed by atoms with Gasteiger partial charge in [-0.15, -0.1) is 0 Å². The zero-order valence-electron chi connectivity index (χ0n) is 45.6. The number of fused-ring (bicyclic) bond motifs is 3. The van der Waals surface area contributed by atoms with Crippen LogP contribution in [-0.2, 0) is 19.5 Å². The van der Waals surface area contributed by atoms with E-state index >= 15 is 0 Å². The fourth-order valence-corrected chi connectivity index (χ4v) is 14.9. The van der Waals surface area contributed by atoms with Gasteiger partial charge in [-0.25, -0.2) is 13.1 Å². The Kier molecular flexibility index (Phi) is 14.8. The predicted octanol–water partition coefficient (Wildman–Crippen LogP) is 8.71. The summed E-state index contributed by atoms with van der Waals surface area (Å²) in [5.74, 6) is 0.654. The topological polar surface area (TPSA) is 217 Å². The van der Waals surface area contributed by atoms with E-state index in [4.69, 9.17) is 23.9 Å². The fourth-order valence-electron chi connectivity index (χ4n) is 13.9. The van der Waals surface area contributed by atoms with E-state index in [0.717, 1.165) is 120 Å². The molecule has 4 N–H and O–H groups in total. The number of aliphatic hydroxyl groups is 1. The Bertz CT molecular complexity index is 3160. The number of aromatic nitrogens is 2. The second kappa shape index (κ2) is 21.8. The molecule has 2 aromatic heterocycles. The Balaban J connectivity index is 0.804. The summed E-state index contributed by atoms with van der Waals surface area (Å²) in [6.45, 7) is 13.5. The van der Waals surface area contributed by atoms with Crippen LogP contribution in [0.5, 0.6) is 11.6 Å². The fraction of sp³-hybridized carbons (Fsp3) is 0.559. The monoisotopic (exact) mass is 1100 g/mol. The number of pyridine rings is 1. The van der Waals surface area contributed by atoms with Crippen molar-refractivity contribution in [3.63, 3.8) is 0 Å². The number of carbonyl (C=O) groups is 1. The second-order valence-electron chi connectivity index (χ2n) is 23.9. The Labute approximate surface area is 462 Å². The van der Waals surface area contributed by atoms with Gasteiger partial charge in [0.15, 0.2) is 0 Å². The van der Waals surface area contributed by atoms with Gasteiger partial charge in [-0.1, -0.05) is 18.2 Å². The van der Waals surface area contributed by atoms with Crippen LogP contribution >= 0.6 is 0 Å². The number of carbonyl (C=O) groups excluding carboxylic acids is 1. The van der Waals surface area contributed by atoms with E-state index in [1.807, 2.05) is 37.4 Å². The van der Waals surface area contributed by atoms with E-state index in [0.29, 0.717) is 74.0 Å². The van der Waals surface area contributed by atoms with E-state index in [2.05, 4.69) is 72.7 Å². The number of rotatable bonds is 14. The number of ether oxygens (including phenoxy) is 4. The highest BCUT2D eigenvalue weighted by Crippen LogP contribution is 2.54. The molecular formula is C59H75N9O10S. The lowest BCUT2D eigenvalue weighted by Gasteiger charge is -2.59. The van der Waals surface area contributed by atoms with E-state index in [1.54, 1.807) is 6.07 Å². The molecule has 12 rings (SSSR count). The van der Waals surface area contributed by atoms with Crippen molar-refractivity contribution in [3.05, 3.63) is 100 Å². The predicted molar refractivity (Wildman–Crippen MR) is 301 cm³/mol. The molecule has 7 aliphatic rings. The molecule has 19 nitrogen and oxygen atoms in total. The number of benzene rings is 3. The minimum atomic E-state index is -4.64. The van der Waals surface area contributed by atoms with Crippen molar-refractivity contribution in [1.82, 2.24) is 24.5 Å². The SMILES string of the molecule is CC(C)Oc1ccccc1[C@H]1CN(C2CCOCC2)CCN1C1CC2(CCN(c3ccc(C(=O)NS(=O)(=O)c4ccc(NCC5CCC(C)(O)CC5)c([N+](=O)[O-])c4)c(N4c5cc6cc[nH]c6nc5O[C@@H]5COCC[C@H]54)c3)CC2)C1. The number of piperazine rings is 1. The molecule has 5 aromatic rings. The lowest BCUT2D eigenvalue weighted by atomic mass is 9.59. The molecule has 0 radical (unpaired) electrons. The van der Waals surface area contributed by atoms with Crippen LogP contribution in [-0.4, -0.2) is 146 Å². The van der Waals surface area contributed by atoms with Crippen molar-refractivity contribution in [3.8, 4) is 11.6 Å². The van der Waals surface area contributed by atoms with Gasteiger partial charge in [-0.3, -0.25) is 24.7 Å². The quantitative estimate of drug-likeness (QED) is 0.0604. The van der Waals surface area contributed by atoms with E-state index < -0.39 is 43.1 Å². The van der Waals surface area contributed by atoms with Gasteiger partial charge in [-0.2, -0.15) is 4.98 Å². The molecule has 0 unspecified atom stereocenters. The number of nitrogens with one attached hydrogen (secondary N) is 3. The van der Waals surface area contributed by atoms with Crippen LogP contribution in [0.2, 0.25) is 0 Å². The standard InChI is InChI=1S/C59H75N9O10S/c1-38(2)77-53-7-5-4-6-45(53)52-36-65(41-15-27-75-28-16-41)25-26-66(52)43-33-59(34-43)20-23-64(24-21-59)42-8-10-46(49(31-42)67-48-17-29-76-37-54(48)78-57-51(67)30-40-14-22-60-55(40)62-57)56(69)63-79(73,74)44-9-11-47(50(32-44)68(71)72)61-35-39-12-18-58(3,70)19-13-39/h4-11,14,22,30-32,38-39,41,43,48,52,54,61,70H,12-13,15-21,23-29,33-37H2,1-3H3,(H,60,62)(H,63,69)/t39?,48-,52-,54-,58?/m1/s1. The van der Waals surface area contributed by atoms with Gasteiger partial charge in [0.1, 0.15) is 28.9 Å². The third kappa shape index (κ3) is 11.0. The number of amides is 1. The summed E-state index contributed by atoms with van der Waals surface area (Å²) < 4.78 is 55.5. The highest BCUT2D eigenvalue weighted by molar-refractivity contribution is 7.90. The van der Waals surface area contributed by atoms with Crippen LogP contribution < -0.4 is 29.3 Å². The zero-order chi connectivity index (χ0) is 54.6. The summed E-state index contributed by atoms with van der Waals surface area (Å²) in [7, 11) is -4.64. The van der Waals surface area contributed by atoms with Gasteiger partial charge in [0.25, 0.3) is 21.6 Å². The summed E-state index contributed by atoms with van der Waals surface area (Å²) in [5, 5.41) is 26.9. The Morgan fingerprint density at radius 2 is 1.68 bits per heavy atom. The lowest BCUT2D eigenvalue weighted by Crippen LogP contribution is -2.61. The number of anilines is 4. The van der Waals surface area contributed by atoms with Crippen molar-refractivity contribution in [2.45, 2.75) is 138 Å². The number of nitrogens with zero attached hydrogens (tertiary/aromatic N) is 6. The van der Waals surface area contributed by atoms with Crippen molar-refractivity contribution in [2.75, 3.05) is 80.8 Å². The summed E-state index contributed by atoms with van der Waals surface area (Å²) in [6.07, 6.45) is 11.2. The molecule has 4 saturated heterocycles. The zero-order valence-corrected chi connectivity index (χ0v) is 46.4. The lowest BCUT2D eigenvalue weighted by molar-refractivity contribution is -0.384. The van der Waals surface area contributed by atoms with Crippen LogP contribution in [0.4, 0.5) is 28.4 Å². The molecular weight excluding hydrogens is 1030 g/mol. The van der Waals surface area contributed by atoms with Crippen molar-refractivity contribution < 1.29 is 42.2 Å². The molecule has 7 heterocycles. The summed E-state index contributed by atoms with van der Waals surface area (Å²) >= 11 is 0. The Morgan fingerprint density at radius 3 is 2.46 bits per heavy atom. The van der Waals surface area contributed by atoms with Gasteiger partial charge < -0.3 is 44.2 Å². The van der Waals surface area contributed by atoms with Crippen LogP contribution in [0.1, 0.15) is 113 Å². The van der Waals surface area contributed by atoms with Gasteiger partial charge in [-0.05, 0) is 151 Å². The molecule has 2 saturated carbocycles. The van der Waals surface area contributed by atoms with Crippen molar-refractivity contribution in [2.24, 2.45) is 11.3 Å². The average Bonchev–Trinajstić information content (AvgIpc) is 3.91. The Morgan fingerprint density at radius 1 is 0.911 bits per heavy atom. The van der Waals surface area contributed by atoms with E-state index in [9.17, 15) is 28.4 Å². The summed E-state index contributed by atoms with van der Waals surface area (Å²) in [4.78, 5) is 44.2. The highest BCUT2D eigenvalue weighted by Gasteiger charge is 2.51. The second-order valence-corrected chi connectivity index (χ2v) is 25.6. The van der Waals surface area contributed by atoms with Gasteiger partial charge in [0, 0.05) is 100 Å². The molecule has 5 aliphatic heterocycles. The maximum absolute atomic E-state index is 14.8. The van der Waals surface area contributed by atoms with Crippen LogP contribution in [0, 0.1) is 21.4 Å². The number of aromatic amines is 1. The number of nitro benzene ring substituents is 1. The van der Waals surface area contributed by atoms with Gasteiger partial charge >= 0.3 is 0 Å². The van der Waals surface area contributed by atoms with Crippen molar-refractivity contribution >= 4 is 55.4 Å². The van der Waals surface area contributed by atoms with Gasteiger partial charge in [0.05, 0.1) is 51.5 Å². The molecule has 1 amide bonds. The first-order valence-electron chi connectivity index (χ1n) is 28.6.